The maximum Gasteiger partial charge on any atom is 0.573 e. The fourth-order valence-corrected chi connectivity index (χ4v) is 1.94. The van der Waals surface area contributed by atoms with Gasteiger partial charge in [-0.05, 0) is 36.8 Å². The Bertz CT molecular complexity index is 714. The van der Waals surface area contributed by atoms with Crippen LogP contribution in [-0.4, -0.2) is 19.4 Å². The first kappa shape index (κ1) is 16.7. The molecule has 0 aromatic heterocycles. The molecule has 0 spiro atoms. The summed E-state index contributed by atoms with van der Waals surface area (Å²) in [5.74, 6) is -0.323. The molecule has 0 unspecified atom stereocenters. The molecule has 1 N–H and O–H groups in total. The SMILES string of the molecule is COc1cc(C(=O)Nc2cccc(OC(F)(F)F)c2)ccc1C. The summed E-state index contributed by atoms with van der Waals surface area (Å²) in [5.41, 5.74) is 1.38. The van der Waals surface area contributed by atoms with Gasteiger partial charge in [-0.25, -0.2) is 0 Å². The highest BCUT2D eigenvalue weighted by molar-refractivity contribution is 6.04. The van der Waals surface area contributed by atoms with Crippen molar-refractivity contribution >= 4 is 11.6 Å². The van der Waals surface area contributed by atoms with E-state index in [0.717, 1.165) is 17.7 Å². The topological polar surface area (TPSA) is 47.6 Å². The van der Waals surface area contributed by atoms with Gasteiger partial charge in [0.2, 0.25) is 0 Å². The molecule has 0 aliphatic heterocycles. The van der Waals surface area contributed by atoms with Gasteiger partial charge in [-0.15, -0.1) is 13.2 Å². The number of aryl methyl sites for hydroxylation is 1. The molecule has 0 aliphatic rings. The number of carbonyl (C=O) groups is 1. The minimum Gasteiger partial charge on any atom is -0.496 e. The number of amides is 1. The molecule has 0 radical (unpaired) electrons. The van der Waals surface area contributed by atoms with Crippen molar-refractivity contribution in [2.75, 3.05) is 12.4 Å². The molecule has 2 rings (SSSR count). The summed E-state index contributed by atoms with van der Waals surface area (Å²) in [7, 11) is 1.49. The molecule has 0 fully saturated rings. The van der Waals surface area contributed by atoms with Crippen molar-refractivity contribution < 1.29 is 27.4 Å². The Kier molecular flexibility index (Phi) is 4.78. The van der Waals surface area contributed by atoms with Crippen LogP contribution in [-0.2, 0) is 0 Å². The number of alkyl halides is 3. The Labute approximate surface area is 130 Å². The number of anilines is 1. The summed E-state index contributed by atoms with van der Waals surface area (Å²) < 4.78 is 45.5. The van der Waals surface area contributed by atoms with E-state index >= 15 is 0 Å². The molecule has 0 saturated heterocycles. The molecule has 7 heteroatoms. The highest BCUT2D eigenvalue weighted by Gasteiger charge is 2.31. The van der Waals surface area contributed by atoms with Crippen LogP contribution in [0, 0.1) is 6.92 Å². The van der Waals surface area contributed by atoms with Crippen LogP contribution in [0.25, 0.3) is 0 Å². The van der Waals surface area contributed by atoms with Crippen molar-refractivity contribution in [2.24, 2.45) is 0 Å². The molecular formula is C16H14F3NO3. The molecule has 2 aromatic rings. The molecule has 0 atom stereocenters. The normalized spacial score (nSPS) is 11.0. The number of ether oxygens (including phenoxy) is 2. The number of hydrogen-bond donors (Lipinski definition) is 1. The number of hydrogen-bond acceptors (Lipinski definition) is 3. The first-order valence-corrected chi connectivity index (χ1v) is 6.60. The lowest BCUT2D eigenvalue weighted by molar-refractivity contribution is -0.274. The third-order valence-corrected chi connectivity index (χ3v) is 3.00. The predicted octanol–water partition coefficient (Wildman–Crippen LogP) is 4.15. The summed E-state index contributed by atoms with van der Waals surface area (Å²) in [6.07, 6.45) is -4.78. The van der Waals surface area contributed by atoms with Crippen LogP contribution in [0.1, 0.15) is 15.9 Å². The van der Waals surface area contributed by atoms with E-state index in [9.17, 15) is 18.0 Å². The molecular weight excluding hydrogens is 311 g/mol. The summed E-state index contributed by atoms with van der Waals surface area (Å²) in [6.45, 7) is 1.83. The first-order chi connectivity index (χ1) is 10.8. The lowest BCUT2D eigenvalue weighted by Gasteiger charge is -2.11. The van der Waals surface area contributed by atoms with Gasteiger partial charge in [0.25, 0.3) is 5.91 Å². The van der Waals surface area contributed by atoms with Crippen molar-refractivity contribution in [1.82, 2.24) is 0 Å². The van der Waals surface area contributed by atoms with Crippen LogP contribution in [0.5, 0.6) is 11.5 Å². The van der Waals surface area contributed by atoms with Gasteiger partial charge in [0, 0.05) is 17.3 Å². The molecule has 0 bridgehead atoms. The van der Waals surface area contributed by atoms with Crippen LogP contribution in [0.2, 0.25) is 0 Å². The van der Waals surface area contributed by atoms with Gasteiger partial charge in [-0.1, -0.05) is 12.1 Å². The summed E-state index contributed by atoms with van der Waals surface area (Å²) in [4.78, 5) is 12.2. The number of rotatable bonds is 4. The fraction of sp³-hybridized carbons (Fsp3) is 0.188. The zero-order valence-corrected chi connectivity index (χ0v) is 12.4. The molecule has 23 heavy (non-hydrogen) atoms. The third kappa shape index (κ3) is 4.64. The van der Waals surface area contributed by atoms with Crippen LogP contribution in [0.4, 0.5) is 18.9 Å². The average Bonchev–Trinajstić information content (AvgIpc) is 2.46. The van der Waals surface area contributed by atoms with E-state index in [-0.39, 0.29) is 5.69 Å². The molecule has 1 amide bonds. The summed E-state index contributed by atoms with van der Waals surface area (Å²) in [6, 6.07) is 9.94. The zero-order valence-electron chi connectivity index (χ0n) is 12.4. The van der Waals surface area contributed by atoms with Crippen molar-refractivity contribution in [2.45, 2.75) is 13.3 Å². The minimum atomic E-state index is -4.78. The molecule has 4 nitrogen and oxygen atoms in total. The van der Waals surface area contributed by atoms with E-state index in [2.05, 4.69) is 10.1 Å². The molecule has 2 aromatic carbocycles. The highest BCUT2D eigenvalue weighted by atomic mass is 19.4. The van der Waals surface area contributed by atoms with Gasteiger partial charge in [-0.3, -0.25) is 4.79 Å². The number of methoxy groups -OCH3 is 1. The van der Waals surface area contributed by atoms with Gasteiger partial charge >= 0.3 is 6.36 Å². The maximum absolute atomic E-state index is 12.2. The van der Waals surface area contributed by atoms with Crippen molar-refractivity contribution in [3.8, 4) is 11.5 Å². The number of benzene rings is 2. The van der Waals surface area contributed by atoms with Gasteiger partial charge in [0.05, 0.1) is 7.11 Å². The van der Waals surface area contributed by atoms with Crippen LogP contribution < -0.4 is 14.8 Å². The van der Waals surface area contributed by atoms with E-state index in [4.69, 9.17) is 4.74 Å². The van der Waals surface area contributed by atoms with E-state index in [1.54, 1.807) is 18.2 Å². The monoisotopic (exact) mass is 325 g/mol. The van der Waals surface area contributed by atoms with Gasteiger partial charge in [0.1, 0.15) is 11.5 Å². The lowest BCUT2D eigenvalue weighted by atomic mass is 10.1. The van der Waals surface area contributed by atoms with Gasteiger partial charge in [-0.2, -0.15) is 0 Å². The van der Waals surface area contributed by atoms with Crippen LogP contribution in [0.15, 0.2) is 42.5 Å². The maximum atomic E-state index is 12.2. The van der Waals surface area contributed by atoms with Crippen molar-refractivity contribution in [3.05, 3.63) is 53.6 Å². The lowest BCUT2D eigenvalue weighted by Crippen LogP contribution is -2.17. The van der Waals surface area contributed by atoms with Crippen molar-refractivity contribution in [3.63, 3.8) is 0 Å². The predicted molar refractivity (Wildman–Crippen MR) is 78.8 cm³/mol. The average molecular weight is 325 g/mol. The fourth-order valence-electron chi connectivity index (χ4n) is 1.94. The first-order valence-electron chi connectivity index (χ1n) is 6.60. The number of nitrogens with one attached hydrogen (secondary N) is 1. The standard InChI is InChI=1S/C16H14F3NO3/c1-10-6-7-11(8-14(10)22-2)15(21)20-12-4-3-5-13(9-12)23-16(17,18)19/h3-9H,1-2H3,(H,20,21). The number of carbonyl (C=O) groups excluding carboxylic acids is 1. The molecule has 0 heterocycles. The van der Waals surface area contributed by atoms with E-state index in [1.807, 2.05) is 6.92 Å². The highest BCUT2D eigenvalue weighted by Crippen LogP contribution is 2.25. The minimum absolute atomic E-state index is 0.191. The third-order valence-electron chi connectivity index (χ3n) is 3.00. The molecule has 0 saturated carbocycles. The van der Waals surface area contributed by atoms with Crippen LogP contribution >= 0.6 is 0 Å². The Hall–Kier alpha value is -2.70. The summed E-state index contributed by atoms with van der Waals surface area (Å²) >= 11 is 0. The second kappa shape index (κ2) is 6.60. The van der Waals surface area contributed by atoms with E-state index < -0.39 is 18.0 Å². The zero-order chi connectivity index (χ0) is 17.0. The Morgan fingerprint density at radius 3 is 2.52 bits per heavy atom. The smallest absolute Gasteiger partial charge is 0.496 e. The summed E-state index contributed by atoms with van der Waals surface area (Å²) in [5, 5.41) is 2.51. The van der Waals surface area contributed by atoms with E-state index in [0.29, 0.717) is 11.3 Å². The Balaban J connectivity index is 2.15. The Morgan fingerprint density at radius 1 is 1.13 bits per heavy atom. The van der Waals surface area contributed by atoms with Gasteiger partial charge < -0.3 is 14.8 Å². The molecule has 0 aliphatic carbocycles. The number of halogens is 3. The van der Waals surface area contributed by atoms with Crippen LogP contribution in [0.3, 0.4) is 0 Å². The Morgan fingerprint density at radius 2 is 1.87 bits per heavy atom. The van der Waals surface area contributed by atoms with Gasteiger partial charge in [0.15, 0.2) is 0 Å². The second-order valence-electron chi connectivity index (χ2n) is 4.71. The second-order valence-corrected chi connectivity index (χ2v) is 4.71. The largest absolute Gasteiger partial charge is 0.573 e. The molecule has 122 valence electrons. The van der Waals surface area contributed by atoms with E-state index in [1.165, 1.54) is 19.2 Å². The quantitative estimate of drug-likeness (QED) is 0.918. The van der Waals surface area contributed by atoms with Crippen molar-refractivity contribution in [1.29, 1.82) is 0 Å².